The Bertz CT molecular complexity index is 709. The summed E-state index contributed by atoms with van der Waals surface area (Å²) >= 11 is 6.26. The third-order valence-corrected chi connectivity index (χ3v) is 4.89. The Kier molecular flexibility index (Phi) is 3.00. The molecule has 2 aromatic rings. The highest BCUT2D eigenvalue weighted by atomic mass is 35.5. The smallest absolute Gasteiger partial charge is 0.0569 e. The SMILES string of the molecule is Cc1cc(Cl)cc2c1N[C@@H](c1cccnc1)[C@@H]1CC=C[C@H]21. The van der Waals surface area contributed by atoms with Crippen LogP contribution >= 0.6 is 11.6 Å². The lowest BCUT2D eigenvalue weighted by atomic mass is 9.76. The molecule has 3 heteroatoms. The first-order valence-corrected chi connectivity index (χ1v) is 7.75. The third kappa shape index (κ3) is 2.06. The van der Waals surface area contributed by atoms with Gasteiger partial charge in [-0.05, 0) is 54.2 Å². The van der Waals surface area contributed by atoms with E-state index in [1.165, 1.54) is 22.4 Å². The maximum Gasteiger partial charge on any atom is 0.0569 e. The molecule has 1 aliphatic carbocycles. The topological polar surface area (TPSA) is 24.9 Å². The molecule has 2 nitrogen and oxygen atoms in total. The summed E-state index contributed by atoms with van der Waals surface area (Å²) in [5.74, 6) is 0.989. The molecule has 1 aromatic carbocycles. The van der Waals surface area contributed by atoms with E-state index in [2.05, 4.69) is 41.5 Å². The van der Waals surface area contributed by atoms with Gasteiger partial charge in [0, 0.05) is 29.0 Å². The minimum Gasteiger partial charge on any atom is -0.377 e. The average Bonchev–Trinajstić information content (AvgIpc) is 2.97. The lowest BCUT2D eigenvalue weighted by Crippen LogP contribution is -2.29. The molecule has 0 saturated carbocycles. The van der Waals surface area contributed by atoms with E-state index in [0.29, 0.717) is 17.9 Å². The fourth-order valence-electron chi connectivity index (χ4n) is 3.73. The van der Waals surface area contributed by atoms with Crippen molar-refractivity contribution in [1.29, 1.82) is 0 Å². The summed E-state index contributed by atoms with van der Waals surface area (Å²) in [4.78, 5) is 4.29. The third-order valence-electron chi connectivity index (χ3n) is 4.67. The Balaban J connectivity index is 1.84. The number of nitrogens with one attached hydrogen (secondary N) is 1. The zero-order valence-corrected chi connectivity index (χ0v) is 12.6. The lowest BCUT2D eigenvalue weighted by Gasteiger charge is -2.38. The molecule has 0 spiro atoms. The number of rotatable bonds is 1. The highest BCUT2D eigenvalue weighted by molar-refractivity contribution is 6.30. The first-order valence-electron chi connectivity index (χ1n) is 7.37. The van der Waals surface area contributed by atoms with Crippen molar-refractivity contribution in [2.45, 2.75) is 25.3 Å². The van der Waals surface area contributed by atoms with E-state index in [-0.39, 0.29) is 0 Å². The van der Waals surface area contributed by atoms with E-state index < -0.39 is 0 Å². The van der Waals surface area contributed by atoms with Crippen molar-refractivity contribution in [2.75, 3.05) is 5.32 Å². The summed E-state index contributed by atoms with van der Waals surface area (Å²) in [5.41, 5.74) is 5.04. The van der Waals surface area contributed by atoms with Gasteiger partial charge >= 0.3 is 0 Å². The van der Waals surface area contributed by atoms with Crippen LogP contribution in [0.5, 0.6) is 0 Å². The number of anilines is 1. The molecular formula is C18H17ClN2. The van der Waals surface area contributed by atoms with Crippen LogP contribution in [0.2, 0.25) is 5.02 Å². The van der Waals surface area contributed by atoms with Gasteiger partial charge in [0.2, 0.25) is 0 Å². The van der Waals surface area contributed by atoms with Crippen LogP contribution in [0.15, 0.2) is 48.8 Å². The minimum absolute atomic E-state index is 0.311. The van der Waals surface area contributed by atoms with Crippen LogP contribution in [0.25, 0.3) is 0 Å². The number of hydrogen-bond donors (Lipinski definition) is 1. The molecule has 21 heavy (non-hydrogen) atoms. The number of aryl methyl sites for hydroxylation is 1. The fourth-order valence-corrected chi connectivity index (χ4v) is 4.01. The maximum atomic E-state index is 6.26. The van der Waals surface area contributed by atoms with Gasteiger partial charge in [0.25, 0.3) is 0 Å². The van der Waals surface area contributed by atoms with E-state index in [9.17, 15) is 0 Å². The zero-order valence-electron chi connectivity index (χ0n) is 11.9. The molecule has 0 unspecified atom stereocenters. The van der Waals surface area contributed by atoms with Crippen molar-refractivity contribution in [1.82, 2.24) is 4.98 Å². The summed E-state index contributed by atoms with van der Waals surface area (Å²) in [5, 5.41) is 4.57. The second kappa shape index (κ2) is 4.88. The quantitative estimate of drug-likeness (QED) is 0.759. The van der Waals surface area contributed by atoms with Crippen molar-refractivity contribution < 1.29 is 0 Å². The second-order valence-corrected chi connectivity index (χ2v) is 6.39. The summed E-state index contributed by atoms with van der Waals surface area (Å²) < 4.78 is 0. The number of aromatic nitrogens is 1. The molecular weight excluding hydrogens is 280 g/mol. The highest BCUT2D eigenvalue weighted by Crippen LogP contribution is 2.51. The van der Waals surface area contributed by atoms with Gasteiger partial charge in [-0.15, -0.1) is 0 Å². The van der Waals surface area contributed by atoms with Gasteiger partial charge in [-0.3, -0.25) is 4.98 Å². The van der Waals surface area contributed by atoms with Crippen LogP contribution in [0.3, 0.4) is 0 Å². The number of benzene rings is 1. The lowest BCUT2D eigenvalue weighted by molar-refractivity contribution is 0.424. The molecule has 3 atom stereocenters. The molecule has 2 aliphatic rings. The minimum atomic E-state index is 0.311. The van der Waals surface area contributed by atoms with Crippen LogP contribution < -0.4 is 5.32 Å². The molecule has 0 fully saturated rings. The maximum absolute atomic E-state index is 6.26. The Morgan fingerprint density at radius 2 is 2.24 bits per heavy atom. The Morgan fingerprint density at radius 3 is 3.05 bits per heavy atom. The number of pyridine rings is 1. The monoisotopic (exact) mass is 296 g/mol. The molecule has 0 bridgehead atoms. The van der Waals surface area contributed by atoms with Crippen LogP contribution in [0.1, 0.15) is 35.1 Å². The van der Waals surface area contributed by atoms with Gasteiger partial charge in [-0.2, -0.15) is 0 Å². The predicted octanol–water partition coefficient (Wildman–Crippen LogP) is 4.87. The molecule has 1 aromatic heterocycles. The van der Waals surface area contributed by atoms with Crippen molar-refractivity contribution in [3.63, 3.8) is 0 Å². The highest BCUT2D eigenvalue weighted by Gasteiger charge is 2.38. The number of hydrogen-bond acceptors (Lipinski definition) is 2. The molecule has 1 aliphatic heterocycles. The summed E-state index contributed by atoms with van der Waals surface area (Å²) in [6.45, 7) is 2.12. The molecule has 4 rings (SSSR count). The van der Waals surface area contributed by atoms with Gasteiger partial charge in [-0.1, -0.05) is 29.8 Å². The largest absolute Gasteiger partial charge is 0.377 e. The predicted molar refractivity (Wildman–Crippen MR) is 86.8 cm³/mol. The molecule has 2 heterocycles. The Morgan fingerprint density at radius 1 is 1.33 bits per heavy atom. The van der Waals surface area contributed by atoms with Gasteiger partial charge in [-0.25, -0.2) is 0 Å². The van der Waals surface area contributed by atoms with Gasteiger partial charge < -0.3 is 5.32 Å². The van der Waals surface area contributed by atoms with E-state index in [4.69, 9.17) is 11.6 Å². The number of nitrogens with zero attached hydrogens (tertiary/aromatic N) is 1. The van der Waals surface area contributed by atoms with Crippen molar-refractivity contribution in [3.05, 3.63) is 70.5 Å². The number of allylic oxidation sites excluding steroid dienone is 2. The van der Waals surface area contributed by atoms with E-state index in [1.807, 2.05) is 24.5 Å². The number of fused-ring (bicyclic) bond motifs is 3. The number of halogens is 1. The van der Waals surface area contributed by atoms with Gasteiger partial charge in [0.05, 0.1) is 6.04 Å². The Labute approximate surface area is 129 Å². The molecule has 106 valence electrons. The summed E-state index contributed by atoms with van der Waals surface area (Å²) in [6, 6.07) is 8.64. The van der Waals surface area contributed by atoms with Crippen LogP contribution in [0, 0.1) is 12.8 Å². The van der Waals surface area contributed by atoms with Crippen molar-refractivity contribution in [2.24, 2.45) is 5.92 Å². The average molecular weight is 297 g/mol. The van der Waals surface area contributed by atoms with Crippen LogP contribution in [0.4, 0.5) is 5.69 Å². The van der Waals surface area contributed by atoms with Crippen LogP contribution in [-0.2, 0) is 0 Å². The Hall–Kier alpha value is -1.80. The van der Waals surface area contributed by atoms with Gasteiger partial charge in [0.15, 0.2) is 0 Å². The summed E-state index contributed by atoms with van der Waals surface area (Å²) in [6.07, 6.45) is 9.54. The normalized spacial score (nSPS) is 26.1. The molecule has 0 saturated heterocycles. The van der Waals surface area contributed by atoms with E-state index >= 15 is 0 Å². The zero-order chi connectivity index (χ0) is 14.4. The fraction of sp³-hybridized carbons (Fsp3) is 0.278. The first-order chi connectivity index (χ1) is 10.2. The van der Waals surface area contributed by atoms with Crippen molar-refractivity contribution in [3.8, 4) is 0 Å². The first kappa shape index (κ1) is 12.9. The molecule has 0 amide bonds. The van der Waals surface area contributed by atoms with Crippen molar-refractivity contribution >= 4 is 17.3 Å². The van der Waals surface area contributed by atoms with Crippen LogP contribution in [-0.4, -0.2) is 4.98 Å². The van der Waals surface area contributed by atoms with E-state index in [0.717, 1.165) is 11.4 Å². The van der Waals surface area contributed by atoms with E-state index in [1.54, 1.807) is 0 Å². The molecule has 1 N–H and O–H groups in total. The second-order valence-electron chi connectivity index (χ2n) is 5.95. The standard InChI is InChI=1S/C18H17ClN2/c1-11-8-13(19)9-16-14-5-2-6-15(14)18(21-17(11)16)12-4-3-7-20-10-12/h2-5,7-10,14-15,18,21H,6H2,1H3/t14-,15+,18-/m0/s1. The summed E-state index contributed by atoms with van der Waals surface area (Å²) in [7, 11) is 0. The molecule has 0 radical (unpaired) electrons. The van der Waals surface area contributed by atoms with Gasteiger partial charge in [0.1, 0.15) is 0 Å².